The smallest absolute Gasteiger partial charge is 0.234 e. The molecule has 2 heterocycles. The van der Waals surface area contributed by atoms with Crippen LogP contribution in [0.3, 0.4) is 0 Å². The summed E-state index contributed by atoms with van der Waals surface area (Å²) in [6, 6.07) is 13.7. The van der Waals surface area contributed by atoms with Crippen LogP contribution < -0.4 is 10.2 Å². The standard InChI is InChI=1S/C24H26ClN5OS/c1-3-12-30-23(18-6-8-19(25)9-7-18)27-28-24(30)32-16-22(31)26-21-11-10-20(15-17(21)2)29-13-4-5-14-29/h3,6-11,15H,1,4-5,12-14,16H2,2H3,(H,26,31). The molecule has 1 aromatic heterocycles. The van der Waals surface area contributed by atoms with Crippen molar-refractivity contribution in [1.82, 2.24) is 14.8 Å². The Morgan fingerprint density at radius 3 is 2.62 bits per heavy atom. The number of carbonyl (C=O) groups is 1. The van der Waals surface area contributed by atoms with Gasteiger partial charge in [0.15, 0.2) is 11.0 Å². The zero-order chi connectivity index (χ0) is 22.5. The van der Waals surface area contributed by atoms with Gasteiger partial charge in [0.2, 0.25) is 5.91 Å². The van der Waals surface area contributed by atoms with Crippen LogP contribution >= 0.6 is 23.4 Å². The molecule has 4 rings (SSSR count). The third kappa shape index (κ3) is 5.16. The van der Waals surface area contributed by atoms with Crippen molar-refractivity contribution in [3.63, 3.8) is 0 Å². The van der Waals surface area contributed by atoms with Gasteiger partial charge >= 0.3 is 0 Å². The normalized spacial score (nSPS) is 13.4. The third-order valence-corrected chi connectivity index (χ3v) is 6.64. The summed E-state index contributed by atoms with van der Waals surface area (Å²) in [5.74, 6) is 0.884. The first-order valence-corrected chi connectivity index (χ1v) is 12.0. The fraction of sp³-hybridized carbons (Fsp3) is 0.292. The van der Waals surface area contributed by atoms with Gasteiger partial charge in [0.1, 0.15) is 0 Å². The zero-order valence-corrected chi connectivity index (χ0v) is 19.6. The van der Waals surface area contributed by atoms with Gasteiger partial charge in [-0.3, -0.25) is 9.36 Å². The van der Waals surface area contributed by atoms with Crippen LogP contribution in [0.1, 0.15) is 18.4 Å². The highest BCUT2D eigenvalue weighted by Crippen LogP contribution is 2.27. The topological polar surface area (TPSA) is 63.1 Å². The van der Waals surface area contributed by atoms with Crippen molar-refractivity contribution in [1.29, 1.82) is 0 Å². The summed E-state index contributed by atoms with van der Waals surface area (Å²) >= 11 is 7.36. The Labute approximate surface area is 197 Å². The predicted molar refractivity (Wildman–Crippen MR) is 133 cm³/mol. The Morgan fingerprint density at radius 2 is 1.94 bits per heavy atom. The molecular weight excluding hydrogens is 442 g/mol. The van der Waals surface area contributed by atoms with E-state index < -0.39 is 0 Å². The highest BCUT2D eigenvalue weighted by molar-refractivity contribution is 7.99. The van der Waals surface area contributed by atoms with Crippen LogP contribution in [0, 0.1) is 6.92 Å². The molecule has 0 bridgehead atoms. The van der Waals surface area contributed by atoms with E-state index in [1.54, 1.807) is 6.08 Å². The summed E-state index contributed by atoms with van der Waals surface area (Å²) in [6.45, 7) is 8.61. The summed E-state index contributed by atoms with van der Waals surface area (Å²) in [7, 11) is 0. The lowest BCUT2D eigenvalue weighted by atomic mass is 10.1. The number of thioether (sulfide) groups is 1. The third-order valence-electron chi connectivity index (χ3n) is 5.42. The van der Waals surface area contributed by atoms with Gasteiger partial charge < -0.3 is 10.2 Å². The Kier molecular flexibility index (Phi) is 7.17. The molecule has 1 N–H and O–H groups in total. The number of nitrogens with one attached hydrogen (secondary N) is 1. The molecule has 0 atom stereocenters. The highest BCUT2D eigenvalue weighted by Gasteiger charge is 2.16. The molecule has 166 valence electrons. The van der Waals surface area contributed by atoms with E-state index in [0.717, 1.165) is 35.7 Å². The summed E-state index contributed by atoms with van der Waals surface area (Å²) in [4.78, 5) is 15.0. The molecule has 1 aliphatic rings. The number of rotatable bonds is 8. The molecule has 1 saturated heterocycles. The van der Waals surface area contributed by atoms with Gasteiger partial charge in [0, 0.05) is 41.6 Å². The van der Waals surface area contributed by atoms with Gasteiger partial charge in [0.05, 0.1) is 5.75 Å². The van der Waals surface area contributed by atoms with Crippen molar-refractivity contribution >= 4 is 40.6 Å². The van der Waals surface area contributed by atoms with Crippen LogP contribution in [-0.4, -0.2) is 39.5 Å². The van der Waals surface area contributed by atoms with Crippen molar-refractivity contribution in [2.45, 2.75) is 31.5 Å². The second kappa shape index (κ2) is 10.2. The summed E-state index contributed by atoms with van der Waals surface area (Å²) in [6.07, 6.45) is 4.27. The number of benzene rings is 2. The molecule has 6 nitrogen and oxygen atoms in total. The van der Waals surface area contributed by atoms with Crippen LogP contribution in [0.15, 0.2) is 60.3 Å². The second-order valence-electron chi connectivity index (χ2n) is 7.74. The number of allylic oxidation sites excluding steroid dienone is 1. The SMILES string of the molecule is C=CCn1c(SCC(=O)Nc2ccc(N3CCCC3)cc2C)nnc1-c1ccc(Cl)cc1. The minimum absolute atomic E-state index is 0.0757. The molecule has 0 aliphatic carbocycles. The van der Waals surface area contributed by atoms with E-state index >= 15 is 0 Å². The number of hydrogen-bond donors (Lipinski definition) is 1. The van der Waals surface area contributed by atoms with E-state index in [0.29, 0.717) is 16.7 Å². The largest absolute Gasteiger partial charge is 0.372 e. The molecule has 0 radical (unpaired) electrons. The minimum atomic E-state index is -0.0757. The summed E-state index contributed by atoms with van der Waals surface area (Å²) in [5.41, 5.74) is 4.04. The van der Waals surface area contributed by atoms with Gasteiger partial charge in [-0.05, 0) is 67.8 Å². The van der Waals surface area contributed by atoms with Gasteiger partial charge in [-0.15, -0.1) is 16.8 Å². The first-order valence-electron chi connectivity index (χ1n) is 10.6. The molecule has 1 fully saturated rings. The average Bonchev–Trinajstić information content (AvgIpc) is 3.45. The minimum Gasteiger partial charge on any atom is -0.372 e. The number of halogens is 1. The first-order chi connectivity index (χ1) is 15.5. The molecule has 0 unspecified atom stereocenters. The van der Waals surface area contributed by atoms with Crippen LogP contribution in [0.2, 0.25) is 5.02 Å². The van der Waals surface area contributed by atoms with Crippen LogP contribution in [0.4, 0.5) is 11.4 Å². The number of anilines is 2. The van der Waals surface area contributed by atoms with Gasteiger partial charge in [0.25, 0.3) is 0 Å². The van der Waals surface area contributed by atoms with Crippen molar-refractivity contribution < 1.29 is 4.79 Å². The van der Waals surface area contributed by atoms with Gasteiger partial charge in [-0.2, -0.15) is 0 Å². The zero-order valence-electron chi connectivity index (χ0n) is 18.1. The predicted octanol–water partition coefficient (Wildman–Crippen LogP) is 5.42. The van der Waals surface area contributed by atoms with Crippen molar-refractivity contribution in [3.8, 4) is 11.4 Å². The number of aromatic nitrogens is 3. The van der Waals surface area contributed by atoms with Crippen LogP contribution in [-0.2, 0) is 11.3 Å². The Bertz CT molecular complexity index is 1110. The highest BCUT2D eigenvalue weighted by atomic mass is 35.5. The lowest BCUT2D eigenvalue weighted by Gasteiger charge is -2.19. The lowest BCUT2D eigenvalue weighted by molar-refractivity contribution is -0.113. The summed E-state index contributed by atoms with van der Waals surface area (Å²) in [5, 5.41) is 13.0. The fourth-order valence-corrected chi connectivity index (χ4v) is 4.65. The van der Waals surface area contributed by atoms with E-state index in [-0.39, 0.29) is 11.7 Å². The molecule has 0 saturated carbocycles. The molecule has 3 aromatic rings. The van der Waals surface area contributed by atoms with E-state index in [9.17, 15) is 4.79 Å². The fourth-order valence-electron chi connectivity index (χ4n) is 3.78. The number of aryl methyl sites for hydroxylation is 1. The summed E-state index contributed by atoms with van der Waals surface area (Å²) < 4.78 is 1.95. The van der Waals surface area contributed by atoms with Crippen molar-refractivity contribution in [2.75, 3.05) is 29.1 Å². The molecular formula is C24H26ClN5OS. The Hall–Kier alpha value is -2.77. The molecule has 32 heavy (non-hydrogen) atoms. The number of amides is 1. The van der Waals surface area contributed by atoms with Gasteiger partial charge in [-0.25, -0.2) is 0 Å². The molecule has 2 aromatic carbocycles. The quantitative estimate of drug-likeness (QED) is 0.354. The maximum Gasteiger partial charge on any atom is 0.234 e. The molecule has 0 spiro atoms. The molecule has 1 amide bonds. The number of hydrogen-bond acceptors (Lipinski definition) is 5. The van der Waals surface area contributed by atoms with Crippen molar-refractivity contribution in [2.24, 2.45) is 0 Å². The Balaban J connectivity index is 1.41. The molecule has 1 aliphatic heterocycles. The second-order valence-corrected chi connectivity index (χ2v) is 9.12. The number of nitrogens with zero attached hydrogens (tertiary/aromatic N) is 4. The van der Waals surface area contributed by atoms with E-state index in [4.69, 9.17) is 11.6 Å². The van der Waals surface area contributed by atoms with Crippen LogP contribution in [0.5, 0.6) is 0 Å². The van der Waals surface area contributed by atoms with Crippen LogP contribution in [0.25, 0.3) is 11.4 Å². The monoisotopic (exact) mass is 467 g/mol. The van der Waals surface area contributed by atoms with E-state index in [1.165, 1.54) is 30.3 Å². The van der Waals surface area contributed by atoms with E-state index in [1.807, 2.05) is 41.8 Å². The Morgan fingerprint density at radius 1 is 1.19 bits per heavy atom. The first kappa shape index (κ1) is 22.4. The maximum atomic E-state index is 12.6. The average molecular weight is 468 g/mol. The number of carbonyl (C=O) groups excluding carboxylic acids is 1. The van der Waals surface area contributed by atoms with E-state index in [2.05, 4.69) is 39.1 Å². The maximum absolute atomic E-state index is 12.6. The molecule has 8 heteroatoms. The van der Waals surface area contributed by atoms with Gasteiger partial charge in [-0.1, -0.05) is 29.4 Å². The lowest BCUT2D eigenvalue weighted by Crippen LogP contribution is -2.18. The van der Waals surface area contributed by atoms with Crippen molar-refractivity contribution in [3.05, 3.63) is 65.7 Å².